The van der Waals surface area contributed by atoms with Crippen LogP contribution in [0, 0.1) is 10.8 Å². The van der Waals surface area contributed by atoms with Crippen molar-refractivity contribution >= 4 is 23.1 Å². The van der Waals surface area contributed by atoms with Crippen LogP contribution in [-0.2, 0) is 0 Å². The number of anilines is 2. The van der Waals surface area contributed by atoms with E-state index in [1.54, 1.807) is 25.4 Å². The van der Waals surface area contributed by atoms with Gasteiger partial charge in [0, 0.05) is 47.9 Å². The van der Waals surface area contributed by atoms with Gasteiger partial charge >= 0.3 is 0 Å². The summed E-state index contributed by atoms with van der Waals surface area (Å²) in [4.78, 5) is 27.8. The van der Waals surface area contributed by atoms with Gasteiger partial charge in [0.2, 0.25) is 0 Å². The van der Waals surface area contributed by atoms with Crippen LogP contribution in [0.3, 0.4) is 0 Å². The van der Waals surface area contributed by atoms with E-state index >= 15 is 0 Å². The van der Waals surface area contributed by atoms with Crippen LogP contribution < -0.4 is 10.6 Å². The zero-order chi connectivity index (χ0) is 21.5. The topological polar surface area (TPSA) is 71.1 Å². The third kappa shape index (κ3) is 6.80. The number of pyridine rings is 1. The Morgan fingerprint density at radius 1 is 0.714 bits per heavy atom. The van der Waals surface area contributed by atoms with Crippen LogP contribution >= 0.6 is 0 Å². The molecule has 0 atom stereocenters. The summed E-state index contributed by atoms with van der Waals surface area (Å²) < 4.78 is 0. The van der Waals surface area contributed by atoms with E-state index in [0.29, 0.717) is 5.56 Å². The largest absolute Gasteiger partial charge is 0.388 e. The fraction of sp³-hybridized carbons (Fsp3) is 0.435. The molecule has 0 fully saturated rings. The lowest BCUT2D eigenvalue weighted by Crippen LogP contribution is -2.20. The van der Waals surface area contributed by atoms with Crippen LogP contribution in [0.15, 0.2) is 42.6 Å². The van der Waals surface area contributed by atoms with Crippen LogP contribution in [0.5, 0.6) is 0 Å². The summed E-state index contributed by atoms with van der Waals surface area (Å²) in [6.07, 6.45) is 1.61. The van der Waals surface area contributed by atoms with Crippen molar-refractivity contribution in [3.8, 4) is 0 Å². The lowest BCUT2D eigenvalue weighted by atomic mass is 9.86. The van der Waals surface area contributed by atoms with Gasteiger partial charge in [-0.05, 0) is 36.4 Å². The Morgan fingerprint density at radius 3 is 1.54 bits per heavy atom. The third-order valence-corrected chi connectivity index (χ3v) is 4.08. The Labute approximate surface area is 169 Å². The molecular formula is C23H33N3O2. The first-order valence-corrected chi connectivity index (χ1v) is 9.41. The smallest absolute Gasteiger partial charge is 0.169 e. The van der Waals surface area contributed by atoms with Crippen LogP contribution in [0.1, 0.15) is 62.3 Å². The van der Waals surface area contributed by atoms with Gasteiger partial charge in [-0.25, -0.2) is 4.98 Å². The number of carbonyl (C=O) groups excluding carboxylic acids is 2. The van der Waals surface area contributed by atoms with Crippen LogP contribution in [0.4, 0.5) is 11.5 Å². The van der Waals surface area contributed by atoms with Crippen LogP contribution in [0.25, 0.3) is 0 Å². The van der Waals surface area contributed by atoms with E-state index in [-0.39, 0.29) is 22.4 Å². The van der Waals surface area contributed by atoms with E-state index in [9.17, 15) is 9.59 Å². The molecule has 2 N–H and O–H groups in total. The number of hydrogen-bond acceptors (Lipinski definition) is 5. The molecule has 1 aromatic heterocycles. The Balaban J connectivity index is 0.000000280. The summed E-state index contributed by atoms with van der Waals surface area (Å²) in [5.74, 6) is 1.07. The fourth-order valence-electron chi connectivity index (χ4n) is 2.33. The summed E-state index contributed by atoms with van der Waals surface area (Å²) >= 11 is 0. The van der Waals surface area contributed by atoms with Crippen molar-refractivity contribution in [3.63, 3.8) is 0 Å². The lowest BCUT2D eigenvalue weighted by Gasteiger charge is -2.16. The summed E-state index contributed by atoms with van der Waals surface area (Å²) in [5, 5.41) is 5.93. The molecule has 0 aliphatic rings. The highest BCUT2D eigenvalue weighted by Crippen LogP contribution is 2.22. The molecule has 0 spiro atoms. The molecule has 2 aromatic rings. The van der Waals surface area contributed by atoms with Crippen LogP contribution in [0.2, 0.25) is 0 Å². The van der Waals surface area contributed by atoms with Gasteiger partial charge in [-0.15, -0.1) is 0 Å². The second-order valence-corrected chi connectivity index (χ2v) is 8.67. The van der Waals surface area contributed by atoms with E-state index in [0.717, 1.165) is 17.1 Å². The highest BCUT2D eigenvalue weighted by molar-refractivity contribution is 6.00. The van der Waals surface area contributed by atoms with E-state index < -0.39 is 0 Å². The normalized spacial score (nSPS) is 11.1. The molecule has 0 radical (unpaired) electrons. The quantitative estimate of drug-likeness (QED) is 0.700. The molecule has 1 aromatic carbocycles. The summed E-state index contributed by atoms with van der Waals surface area (Å²) in [7, 11) is 3.66. The van der Waals surface area contributed by atoms with Crippen LogP contribution in [-0.4, -0.2) is 30.6 Å². The SMILES string of the molecule is CNc1ccc(C(=O)C(C)(C)C)cc1.CNc1ccc(C(=O)C(C)(C)C)cn1. The van der Waals surface area contributed by atoms with Gasteiger partial charge < -0.3 is 10.6 Å². The average molecular weight is 384 g/mol. The van der Waals surface area contributed by atoms with Crippen molar-refractivity contribution in [3.05, 3.63) is 53.7 Å². The number of nitrogens with zero attached hydrogens (tertiary/aromatic N) is 1. The zero-order valence-electron chi connectivity index (χ0n) is 18.3. The zero-order valence-corrected chi connectivity index (χ0v) is 18.3. The number of carbonyl (C=O) groups is 2. The van der Waals surface area contributed by atoms with Crippen molar-refractivity contribution in [2.75, 3.05) is 24.7 Å². The summed E-state index contributed by atoms with van der Waals surface area (Å²) in [6, 6.07) is 11.2. The second-order valence-electron chi connectivity index (χ2n) is 8.67. The molecule has 1 heterocycles. The molecule has 152 valence electrons. The number of ketones is 2. The van der Waals surface area contributed by atoms with Crippen molar-refractivity contribution in [1.82, 2.24) is 4.98 Å². The molecule has 0 aliphatic carbocycles. The van der Waals surface area contributed by atoms with Crippen molar-refractivity contribution in [2.24, 2.45) is 10.8 Å². The molecule has 0 amide bonds. The first kappa shape index (κ1) is 23.3. The molecule has 2 rings (SSSR count). The first-order chi connectivity index (χ1) is 12.9. The molecule has 0 saturated heterocycles. The first-order valence-electron chi connectivity index (χ1n) is 9.41. The molecular weight excluding hydrogens is 350 g/mol. The fourth-order valence-corrected chi connectivity index (χ4v) is 2.33. The van der Waals surface area contributed by atoms with Crippen molar-refractivity contribution < 1.29 is 9.59 Å². The summed E-state index contributed by atoms with van der Waals surface area (Å²) in [5.41, 5.74) is 1.81. The standard InChI is InChI=1S/C12H17NO.C11H16N2O/c1-12(2,3)11(14)9-5-7-10(13-4)8-6-9;1-11(2,3)10(14)8-5-6-9(12-4)13-7-8/h5-8,13H,1-4H3;5-7H,1-4H3,(H,12,13). The molecule has 28 heavy (non-hydrogen) atoms. The van der Waals surface area contributed by atoms with Gasteiger partial charge in [0.25, 0.3) is 0 Å². The third-order valence-electron chi connectivity index (χ3n) is 4.08. The number of benzene rings is 1. The Bertz CT molecular complexity index is 711. The minimum Gasteiger partial charge on any atom is -0.388 e. The number of hydrogen-bond donors (Lipinski definition) is 2. The van der Waals surface area contributed by atoms with Crippen molar-refractivity contribution in [2.45, 2.75) is 41.5 Å². The van der Waals surface area contributed by atoms with Gasteiger partial charge in [-0.1, -0.05) is 41.5 Å². The number of rotatable bonds is 4. The highest BCUT2D eigenvalue weighted by atomic mass is 16.1. The van der Waals surface area contributed by atoms with Gasteiger partial charge in [-0.2, -0.15) is 0 Å². The van der Waals surface area contributed by atoms with E-state index in [1.165, 1.54) is 0 Å². The molecule has 0 unspecified atom stereocenters. The monoisotopic (exact) mass is 383 g/mol. The lowest BCUT2D eigenvalue weighted by molar-refractivity contribution is 0.0852. The maximum atomic E-state index is 11.8. The summed E-state index contributed by atoms with van der Waals surface area (Å²) in [6.45, 7) is 11.5. The maximum Gasteiger partial charge on any atom is 0.169 e. The van der Waals surface area contributed by atoms with Gasteiger partial charge in [0.1, 0.15) is 5.82 Å². The Hall–Kier alpha value is -2.69. The predicted molar refractivity (Wildman–Crippen MR) is 117 cm³/mol. The Morgan fingerprint density at radius 2 is 1.18 bits per heavy atom. The predicted octanol–water partition coefficient (Wildman–Crippen LogP) is 5.31. The number of aromatic nitrogens is 1. The maximum absolute atomic E-state index is 11.8. The number of nitrogens with one attached hydrogen (secondary N) is 2. The highest BCUT2D eigenvalue weighted by Gasteiger charge is 2.23. The number of Topliss-reactive ketones (excluding diaryl/α,β-unsaturated/α-hetero) is 2. The second kappa shape index (κ2) is 9.49. The van der Waals surface area contributed by atoms with Gasteiger partial charge in [0.15, 0.2) is 11.6 Å². The van der Waals surface area contributed by atoms with E-state index in [4.69, 9.17) is 0 Å². The van der Waals surface area contributed by atoms with E-state index in [1.807, 2.05) is 72.9 Å². The molecule has 0 saturated carbocycles. The van der Waals surface area contributed by atoms with Crippen molar-refractivity contribution in [1.29, 1.82) is 0 Å². The van der Waals surface area contributed by atoms with E-state index in [2.05, 4.69) is 15.6 Å². The average Bonchev–Trinajstić information content (AvgIpc) is 2.66. The van der Waals surface area contributed by atoms with Gasteiger partial charge in [0.05, 0.1) is 0 Å². The molecule has 5 heteroatoms. The minimum atomic E-state index is -0.344. The minimum absolute atomic E-state index is 0.118. The molecule has 0 aliphatic heterocycles. The molecule has 5 nitrogen and oxygen atoms in total. The Kier molecular flexibility index (Phi) is 7.91. The molecule has 0 bridgehead atoms. The van der Waals surface area contributed by atoms with Gasteiger partial charge in [-0.3, -0.25) is 9.59 Å².